The molecule has 1 fully saturated rings. The fraction of sp³-hybridized carbons (Fsp3) is 0.455. The third-order valence-corrected chi connectivity index (χ3v) is 3.85. The molecule has 19 heavy (non-hydrogen) atoms. The van der Waals surface area contributed by atoms with E-state index in [2.05, 4.69) is 25.9 Å². The van der Waals surface area contributed by atoms with Crippen molar-refractivity contribution >= 4 is 32.8 Å². The minimum Gasteiger partial charge on any atom is -0.394 e. The van der Waals surface area contributed by atoms with Crippen LogP contribution in [0, 0.1) is 0 Å². The molecule has 4 N–H and O–H groups in total. The van der Waals surface area contributed by atoms with Crippen LogP contribution in [0.25, 0.3) is 11.0 Å². The zero-order valence-corrected chi connectivity index (χ0v) is 11.5. The summed E-state index contributed by atoms with van der Waals surface area (Å²) in [5, 5.41) is 18.9. The van der Waals surface area contributed by atoms with E-state index < -0.39 is 12.2 Å². The van der Waals surface area contributed by atoms with Crippen LogP contribution in [0.15, 0.2) is 17.0 Å². The monoisotopic (exact) mass is 328 g/mol. The standard InChI is InChI=1S/C11H13BrN4O3/c12-5-2-14-11(13)9-10(5)16(4-15-9)8-1-6(18)7(3-17)19-8/h2,4,6-8,17-18H,1,3H2,(H2,13,14)/t6-,7+,8+/m0/s1. The van der Waals surface area contributed by atoms with Gasteiger partial charge in [0.25, 0.3) is 0 Å². The number of halogens is 1. The highest BCUT2D eigenvalue weighted by Crippen LogP contribution is 2.34. The van der Waals surface area contributed by atoms with E-state index in [0.717, 1.165) is 9.99 Å². The van der Waals surface area contributed by atoms with E-state index >= 15 is 0 Å². The molecule has 3 atom stereocenters. The first-order valence-electron chi connectivity index (χ1n) is 5.82. The highest BCUT2D eigenvalue weighted by Gasteiger charge is 2.35. The van der Waals surface area contributed by atoms with Crippen molar-refractivity contribution in [2.45, 2.75) is 24.9 Å². The highest BCUT2D eigenvalue weighted by atomic mass is 79.9. The Balaban J connectivity index is 2.05. The summed E-state index contributed by atoms with van der Waals surface area (Å²) in [6.45, 7) is -0.213. The number of aliphatic hydroxyl groups excluding tert-OH is 2. The molecule has 0 amide bonds. The average molecular weight is 329 g/mol. The van der Waals surface area contributed by atoms with Crippen molar-refractivity contribution in [1.29, 1.82) is 0 Å². The number of nitrogens with two attached hydrogens (primary N) is 1. The molecule has 3 rings (SSSR count). The number of nitrogens with zero attached hydrogens (tertiary/aromatic N) is 3. The van der Waals surface area contributed by atoms with Gasteiger partial charge in [-0.25, -0.2) is 9.97 Å². The van der Waals surface area contributed by atoms with Gasteiger partial charge in [-0.1, -0.05) is 0 Å². The summed E-state index contributed by atoms with van der Waals surface area (Å²) in [5.41, 5.74) is 7.13. The van der Waals surface area contributed by atoms with Gasteiger partial charge in [-0.2, -0.15) is 0 Å². The molecule has 2 aromatic rings. The van der Waals surface area contributed by atoms with Gasteiger partial charge in [0.1, 0.15) is 17.8 Å². The number of fused-ring (bicyclic) bond motifs is 1. The summed E-state index contributed by atoms with van der Waals surface area (Å²) in [5.74, 6) is 0.342. The predicted molar refractivity (Wildman–Crippen MR) is 71.3 cm³/mol. The van der Waals surface area contributed by atoms with Crippen LogP contribution in [-0.4, -0.2) is 43.6 Å². The van der Waals surface area contributed by atoms with E-state index in [1.165, 1.54) is 0 Å². The number of pyridine rings is 1. The van der Waals surface area contributed by atoms with Crippen molar-refractivity contribution in [3.63, 3.8) is 0 Å². The van der Waals surface area contributed by atoms with E-state index in [-0.39, 0.29) is 12.8 Å². The van der Waals surface area contributed by atoms with E-state index in [0.29, 0.717) is 17.8 Å². The molecule has 2 aromatic heterocycles. The molecule has 8 heteroatoms. The SMILES string of the molecule is Nc1ncc(Br)c2c1ncn2[C@H]1C[C@H](O)[C@@H](CO)O1. The zero-order chi connectivity index (χ0) is 13.6. The number of anilines is 1. The Bertz CT molecular complexity index is 617. The summed E-state index contributed by atoms with van der Waals surface area (Å²) in [6.07, 6.45) is 1.96. The second-order valence-electron chi connectivity index (χ2n) is 4.46. The van der Waals surface area contributed by atoms with Crippen molar-refractivity contribution in [2.24, 2.45) is 0 Å². The molecule has 3 heterocycles. The first-order valence-corrected chi connectivity index (χ1v) is 6.62. The Hall–Kier alpha value is -1.22. The number of ether oxygens (including phenoxy) is 1. The van der Waals surface area contributed by atoms with Crippen molar-refractivity contribution in [3.8, 4) is 0 Å². The Morgan fingerprint density at radius 1 is 1.53 bits per heavy atom. The van der Waals surface area contributed by atoms with Gasteiger partial charge in [0.05, 0.1) is 29.0 Å². The van der Waals surface area contributed by atoms with Gasteiger partial charge < -0.3 is 25.3 Å². The summed E-state index contributed by atoms with van der Waals surface area (Å²) < 4.78 is 8.15. The molecule has 1 aliphatic heterocycles. The summed E-state index contributed by atoms with van der Waals surface area (Å²) in [7, 11) is 0. The number of nitrogen functional groups attached to an aromatic ring is 1. The molecule has 0 unspecified atom stereocenters. The second kappa shape index (κ2) is 4.71. The lowest BCUT2D eigenvalue weighted by Crippen LogP contribution is -2.24. The van der Waals surface area contributed by atoms with Gasteiger partial charge in [-0.3, -0.25) is 0 Å². The summed E-state index contributed by atoms with van der Waals surface area (Å²) in [6, 6.07) is 0. The number of aliphatic hydroxyl groups is 2. The fourth-order valence-corrected chi connectivity index (χ4v) is 2.80. The molecule has 0 aromatic carbocycles. The lowest BCUT2D eigenvalue weighted by molar-refractivity contribution is -0.0430. The molecule has 0 saturated carbocycles. The Morgan fingerprint density at radius 2 is 2.32 bits per heavy atom. The minimum absolute atomic E-state index is 0.213. The topological polar surface area (TPSA) is 106 Å². The molecular formula is C11H13BrN4O3. The first-order chi connectivity index (χ1) is 9.11. The van der Waals surface area contributed by atoms with Crippen LogP contribution in [0.2, 0.25) is 0 Å². The maximum atomic E-state index is 9.79. The lowest BCUT2D eigenvalue weighted by atomic mass is 10.2. The van der Waals surface area contributed by atoms with E-state index in [4.69, 9.17) is 15.6 Å². The third kappa shape index (κ3) is 2.00. The molecule has 0 aliphatic carbocycles. The van der Waals surface area contributed by atoms with Crippen LogP contribution >= 0.6 is 15.9 Å². The Morgan fingerprint density at radius 3 is 3.00 bits per heavy atom. The van der Waals surface area contributed by atoms with Crippen LogP contribution < -0.4 is 5.73 Å². The largest absolute Gasteiger partial charge is 0.394 e. The molecular weight excluding hydrogens is 316 g/mol. The molecule has 0 spiro atoms. The normalized spacial score (nSPS) is 27.2. The molecule has 102 valence electrons. The zero-order valence-electron chi connectivity index (χ0n) is 9.90. The van der Waals surface area contributed by atoms with Gasteiger partial charge in [0, 0.05) is 12.6 Å². The number of hydrogen-bond acceptors (Lipinski definition) is 6. The number of hydrogen-bond donors (Lipinski definition) is 3. The van der Waals surface area contributed by atoms with Gasteiger partial charge in [-0.15, -0.1) is 0 Å². The average Bonchev–Trinajstić information content (AvgIpc) is 2.97. The Labute approximate surface area is 117 Å². The maximum absolute atomic E-state index is 9.79. The predicted octanol–water partition coefficient (Wildman–Crippen LogP) is 0.417. The summed E-state index contributed by atoms with van der Waals surface area (Å²) >= 11 is 3.41. The number of imidazole rings is 1. The number of rotatable bonds is 2. The molecule has 1 saturated heterocycles. The van der Waals surface area contributed by atoms with Crippen molar-refractivity contribution in [3.05, 3.63) is 17.0 Å². The van der Waals surface area contributed by atoms with Crippen molar-refractivity contribution < 1.29 is 14.9 Å². The van der Waals surface area contributed by atoms with E-state index in [1.807, 2.05) is 0 Å². The van der Waals surface area contributed by atoms with Gasteiger partial charge in [0.15, 0.2) is 5.82 Å². The van der Waals surface area contributed by atoms with Crippen LogP contribution in [-0.2, 0) is 4.74 Å². The molecule has 0 bridgehead atoms. The minimum atomic E-state index is -0.689. The second-order valence-corrected chi connectivity index (χ2v) is 5.31. The van der Waals surface area contributed by atoms with Crippen molar-refractivity contribution in [1.82, 2.24) is 14.5 Å². The fourth-order valence-electron chi connectivity index (χ4n) is 2.30. The first kappa shape index (κ1) is 12.8. The highest BCUT2D eigenvalue weighted by molar-refractivity contribution is 9.10. The maximum Gasteiger partial charge on any atom is 0.151 e. The molecule has 0 radical (unpaired) electrons. The van der Waals surface area contributed by atoms with Gasteiger partial charge >= 0.3 is 0 Å². The van der Waals surface area contributed by atoms with Crippen LogP contribution in [0.3, 0.4) is 0 Å². The molecule has 1 aliphatic rings. The van der Waals surface area contributed by atoms with Crippen LogP contribution in [0.1, 0.15) is 12.6 Å². The van der Waals surface area contributed by atoms with Gasteiger partial charge in [0.2, 0.25) is 0 Å². The van der Waals surface area contributed by atoms with Crippen molar-refractivity contribution in [2.75, 3.05) is 12.3 Å². The third-order valence-electron chi connectivity index (χ3n) is 3.27. The lowest BCUT2D eigenvalue weighted by Gasteiger charge is -2.14. The van der Waals surface area contributed by atoms with Crippen LogP contribution in [0.4, 0.5) is 5.82 Å². The smallest absolute Gasteiger partial charge is 0.151 e. The quantitative estimate of drug-likeness (QED) is 0.737. The number of aromatic nitrogens is 3. The summed E-state index contributed by atoms with van der Waals surface area (Å²) in [4.78, 5) is 8.24. The van der Waals surface area contributed by atoms with E-state index in [1.54, 1.807) is 17.1 Å². The molecule has 7 nitrogen and oxygen atoms in total. The van der Waals surface area contributed by atoms with Gasteiger partial charge in [-0.05, 0) is 15.9 Å². The van der Waals surface area contributed by atoms with E-state index in [9.17, 15) is 5.11 Å². The van der Waals surface area contributed by atoms with Crippen LogP contribution in [0.5, 0.6) is 0 Å². The Kier molecular flexibility index (Phi) is 3.17.